The van der Waals surface area contributed by atoms with Gasteiger partial charge < -0.3 is 30.0 Å². The Labute approximate surface area is 361 Å². The highest BCUT2D eigenvalue weighted by Crippen LogP contribution is 2.41. The second-order valence-corrected chi connectivity index (χ2v) is 16.6. The van der Waals surface area contributed by atoms with Crippen LogP contribution in [0.3, 0.4) is 0 Å². The first-order chi connectivity index (χ1) is 29.9. The van der Waals surface area contributed by atoms with Crippen molar-refractivity contribution in [3.8, 4) is 22.4 Å². The Kier molecular flexibility index (Phi) is 11.8. The highest BCUT2D eigenvalue weighted by molar-refractivity contribution is 6.11. The van der Waals surface area contributed by atoms with Gasteiger partial charge in [-0.3, -0.25) is 19.5 Å². The summed E-state index contributed by atoms with van der Waals surface area (Å²) >= 11 is 0. The van der Waals surface area contributed by atoms with Gasteiger partial charge in [0.05, 0.1) is 38.2 Å². The summed E-state index contributed by atoms with van der Waals surface area (Å²) in [5, 5.41) is 5.47. The van der Waals surface area contributed by atoms with Crippen LogP contribution in [-0.2, 0) is 31.9 Å². The van der Waals surface area contributed by atoms with E-state index in [-0.39, 0.29) is 35.7 Å². The Balaban J connectivity index is 0.949. The molecule has 0 fully saturated rings. The SMILES string of the molecule is COC(=O)N[C@H](C(=O)N1c2ccccc2C[C@H]1C1=NC=C(c2ccc(-c3ccc(-c4cnc([C@@H]5Cc6ccccc6N5C(=O)[C@@H](NC(=O)OC)C(C)C)[nH]4)cc3)cc2)C1)C(C)C. The predicted octanol–water partition coefficient (Wildman–Crippen LogP) is 8.28. The van der Waals surface area contributed by atoms with Crippen molar-refractivity contribution in [1.29, 1.82) is 0 Å². The summed E-state index contributed by atoms with van der Waals surface area (Å²) in [6.45, 7) is 7.60. The Hall–Kier alpha value is -7.02. The van der Waals surface area contributed by atoms with E-state index < -0.39 is 24.3 Å². The number of para-hydroxylation sites is 2. The Morgan fingerprint density at radius 2 is 1.11 bits per heavy atom. The molecule has 1 aromatic heterocycles. The van der Waals surface area contributed by atoms with E-state index in [9.17, 15) is 19.2 Å². The second-order valence-electron chi connectivity index (χ2n) is 16.6. The number of aromatic amines is 1. The predicted molar refractivity (Wildman–Crippen MR) is 240 cm³/mol. The highest BCUT2D eigenvalue weighted by Gasteiger charge is 2.43. The summed E-state index contributed by atoms with van der Waals surface area (Å²) in [5.41, 5.74) is 10.6. The summed E-state index contributed by atoms with van der Waals surface area (Å²) in [7, 11) is 2.58. The van der Waals surface area contributed by atoms with Crippen molar-refractivity contribution in [2.45, 2.75) is 71.1 Å². The van der Waals surface area contributed by atoms with E-state index in [0.29, 0.717) is 25.1 Å². The van der Waals surface area contributed by atoms with Crippen molar-refractivity contribution in [2.75, 3.05) is 24.0 Å². The molecule has 62 heavy (non-hydrogen) atoms. The number of nitrogens with zero attached hydrogens (tertiary/aromatic N) is 4. The van der Waals surface area contributed by atoms with Crippen LogP contribution in [0.4, 0.5) is 21.0 Å². The molecule has 5 aromatic rings. The molecule has 4 heterocycles. The van der Waals surface area contributed by atoms with Gasteiger partial charge in [-0.05, 0) is 62.9 Å². The molecule has 8 rings (SSSR count). The lowest BCUT2D eigenvalue weighted by atomic mass is 9.95. The van der Waals surface area contributed by atoms with Crippen LogP contribution >= 0.6 is 0 Å². The van der Waals surface area contributed by atoms with E-state index >= 15 is 0 Å². The molecule has 0 bridgehead atoms. The van der Waals surface area contributed by atoms with Gasteiger partial charge in [0.1, 0.15) is 17.9 Å². The first-order valence-corrected chi connectivity index (χ1v) is 21.0. The third kappa shape index (κ3) is 8.09. The quantitative estimate of drug-likeness (QED) is 0.121. The highest BCUT2D eigenvalue weighted by atomic mass is 16.5. The topological polar surface area (TPSA) is 158 Å². The van der Waals surface area contributed by atoms with Crippen LogP contribution in [0.1, 0.15) is 62.7 Å². The maximum atomic E-state index is 14.1. The molecule has 3 aliphatic heterocycles. The molecule has 0 aliphatic carbocycles. The molecule has 4 aromatic carbocycles. The summed E-state index contributed by atoms with van der Waals surface area (Å²) in [6, 6.07) is 30.2. The molecular weight excluding hydrogens is 783 g/mol. The molecule has 4 atom stereocenters. The Bertz CT molecular complexity index is 2560. The number of amides is 4. The molecule has 0 unspecified atom stereocenters. The van der Waals surface area contributed by atoms with E-state index in [4.69, 9.17) is 19.5 Å². The number of ether oxygens (including phenoxy) is 2. The number of methoxy groups -OCH3 is 2. The third-order valence-corrected chi connectivity index (χ3v) is 12.0. The van der Waals surface area contributed by atoms with Crippen LogP contribution in [0, 0.1) is 11.8 Å². The molecule has 0 spiro atoms. The van der Waals surface area contributed by atoms with E-state index in [2.05, 4.69) is 64.1 Å². The zero-order valence-electron chi connectivity index (χ0n) is 35.7. The van der Waals surface area contributed by atoms with Gasteiger partial charge in [-0.1, -0.05) is 113 Å². The lowest BCUT2D eigenvalue weighted by Crippen LogP contribution is -2.54. The van der Waals surface area contributed by atoms with Gasteiger partial charge >= 0.3 is 12.2 Å². The molecule has 0 saturated heterocycles. The van der Waals surface area contributed by atoms with E-state index in [1.54, 1.807) is 16.0 Å². The average molecular weight is 834 g/mol. The van der Waals surface area contributed by atoms with Gasteiger partial charge in [0.2, 0.25) is 0 Å². The van der Waals surface area contributed by atoms with Crippen LogP contribution in [0.15, 0.2) is 114 Å². The molecule has 318 valence electrons. The minimum atomic E-state index is -0.784. The normalized spacial score (nSPS) is 17.5. The largest absolute Gasteiger partial charge is 0.453 e. The summed E-state index contributed by atoms with van der Waals surface area (Å²) < 4.78 is 9.67. The second kappa shape index (κ2) is 17.5. The lowest BCUT2D eigenvalue weighted by molar-refractivity contribution is -0.122. The molecule has 4 amide bonds. The minimum absolute atomic E-state index is 0.157. The fourth-order valence-electron chi connectivity index (χ4n) is 8.70. The first-order valence-electron chi connectivity index (χ1n) is 21.0. The number of aliphatic imine (C=N–C) groups is 1. The van der Waals surface area contributed by atoms with Crippen LogP contribution in [-0.4, -0.2) is 72.0 Å². The van der Waals surface area contributed by atoms with E-state index in [0.717, 1.165) is 61.7 Å². The van der Waals surface area contributed by atoms with Crippen molar-refractivity contribution in [2.24, 2.45) is 16.8 Å². The molecule has 13 nitrogen and oxygen atoms in total. The lowest BCUT2D eigenvalue weighted by Gasteiger charge is -2.31. The monoisotopic (exact) mass is 833 g/mol. The number of hydrogen-bond acceptors (Lipinski definition) is 8. The van der Waals surface area contributed by atoms with Crippen LogP contribution in [0.2, 0.25) is 0 Å². The van der Waals surface area contributed by atoms with Crippen LogP contribution in [0.25, 0.3) is 28.0 Å². The third-order valence-electron chi connectivity index (χ3n) is 12.0. The number of H-pyrrole nitrogens is 1. The summed E-state index contributed by atoms with van der Waals surface area (Å²) in [5.74, 6) is -0.0899. The zero-order valence-corrected chi connectivity index (χ0v) is 35.7. The number of rotatable bonds is 11. The standard InChI is InChI=1S/C49H51N7O6/c1-28(2)43(53-48(59)61-5)46(57)55-39-13-9-7-11-34(39)24-41(55)37-23-36(26-50-37)32-17-15-30(16-18-32)31-19-21-33(22-20-31)38-27-51-45(52-38)42-25-35-12-8-10-14-40(35)56(42)47(58)44(29(3)4)54-49(60)62-6/h7-22,26-29,41-44H,23-25H2,1-6H3,(H,51,52)(H,53,59)(H,54,60)/t41-,42-,43-,44-/m0/s1. The number of nitrogens with one attached hydrogen (secondary N) is 3. The number of fused-ring (bicyclic) bond motifs is 2. The number of carbonyl (C=O) groups excluding carboxylic acids is 4. The number of benzene rings is 4. The number of aromatic nitrogens is 2. The van der Waals surface area contributed by atoms with Gasteiger partial charge in [-0.2, -0.15) is 0 Å². The van der Waals surface area contributed by atoms with E-state index in [1.165, 1.54) is 14.2 Å². The molecule has 3 N–H and O–H groups in total. The van der Waals surface area contributed by atoms with Crippen LogP contribution < -0.4 is 20.4 Å². The fourth-order valence-corrected chi connectivity index (χ4v) is 8.70. The van der Waals surface area contributed by atoms with Crippen molar-refractivity contribution >= 4 is 46.7 Å². The van der Waals surface area contributed by atoms with Gasteiger partial charge in [-0.25, -0.2) is 14.6 Å². The average Bonchev–Trinajstić information content (AvgIpc) is 4.11. The van der Waals surface area contributed by atoms with Gasteiger partial charge in [0, 0.05) is 42.5 Å². The molecular formula is C49H51N7O6. The van der Waals surface area contributed by atoms with Gasteiger partial charge in [0.25, 0.3) is 11.8 Å². The minimum Gasteiger partial charge on any atom is -0.453 e. The van der Waals surface area contributed by atoms with Crippen molar-refractivity contribution in [1.82, 2.24) is 20.6 Å². The van der Waals surface area contributed by atoms with Gasteiger partial charge in [0.15, 0.2) is 0 Å². The molecule has 3 aliphatic rings. The smallest absolute Gasteiger partial charge is 0.407 e. The Morgan fingerprint density at radius 3 is 1.63 bits per heavy atom. The number of imidazole rings is 1. The zero-order chi connectivity index (χ0) is 43.7. The number of allylic oxidation sites excluding steroid dienone is 1. The summed E-state index contributed by atoms with van der Waals surface area (Å²) in [6.07, 6.45) is 4.22. The maximum absolute atomic E-state index is 14.1. The van der Waals surface area contributed by atoms with Gasteiger partial charge in [-0.15, -0.1) is 0 Å². The molecule has 0 radical (unpaired) electrons. The number of hydrogen-bond donors (Lipinski definition) is 3. The number of anilines is 2. The van der Waals surface area contributed by atoms with Crippen LogP contribution in [0.5, 0.6) is 0 Å². The van der Waals surface area contributed by atoms with Crippen molar-refractivity contribution in [3.63, 3.8) is 0 Å². The van der Waals surface area contributed by atoms with Crippen molar-refractivity contribution < 1.29 is 28.7 Å². The summed E-state index contributed by atoms with van der Waals surface area (Å²) in [4.78, 5) is 69.4. The fraction of sp³-hybridized carbons (Fsp3) is 0.306. The molecule has 13 heteroatoms. The Morgan fingerprint density at radius 1 is 0.645 bits per heavy atom. The number of carbonyl (C=O) groups is 4. The molecule has 0 saturated carbocycles. The van der Waals surface area contributed by atoms with E-state index in [1.807, 2.05) is 82.4 Å². The van der Waals surface area contributed by atoms with Crippen molar-refractivity contribution in [3.05, 3.63) is 132 Å². The number of alkyl carbamates (subject to hydrolysis) is 2. The first kappa shape index (κ1) is 41.7. The maximum Gasteiger partial charge on any atom is 0.407 e.